The standard InChI is InChI=1S/C12H23O2.Li/c1-3-5-7-9-11-14-12-13-10-8-6-4-2;/h5,7H,1,3-4,6,8-12H2,2H3;/b7-5-;. The molecular weight excluding hydrogens is 183 g/mol. The summed E-state index contributed by atoms with van der Waals surface area (Å²) in [5.41, 5.74) is 0. The Hall–Kier alpha value is 0.257. The fraction of sp³-hybridized carbons (Fsp3) is 0.833. The molecule has 3 heteroatoms. The molecular formula is C12H23LiO2. The van der Waals surface area contributed by atoms with Crippen molar-refractivity contribution in [3.63, 3.8) is 0 Å². The van der Waals surface area contributed by atoms with Crippen molar-refractivity contribution in [2.75, 3.05) is 20.0 Å². The van der Waals surface area contributed by atoms with Gasteiger partial charge in [0.1, 0.15) is 0 Å². The van der Waals surface area contributed by atoms with Crippen molar-refractivity contribution in [2.45, 2.75) is 44.1 Å². The first-order valence-corrected chi connectivity index (χ1v) is 6.22. The first kappa shape index (κ1) is 15.3. The van der Waals surface area contributed by atoms with Crippen molar-refractivity contribution < 1.29 is 9.47 Å². The fourth-order valence-corrected chi connectivity index (χ4v) is 1.18. The number of hydrogen-bond acceptors (Lipinski definition) is 2. The first-order valence-electron chi connectivity index (χ1n) is 6.22. The molecule has 0 aliphatic carbocycles. The van der Waals surface area contributed by atoms with Gasteiger partial charge in [-0.1, -0.05) is 13.3 Å². The van der Waals surface area contributed by atoms with Crippen LogP contribution < -0.4 is 0 Å². The van der Waals surface area contributed by atoms with E-state index >= 15 is 0 Å². The maximum absolute atomic E-state index is 5.32. The van der Waals surface area contributed by atoms with Crippen LogP contribution in [0.1, 0.15) is 39.0 Å². The third-order valence-corrected chi connectivity index (χ3v) is 2.11. The van der Waals surface area contributed by atoms with E-state index in [0.29, 0.717) is 6.79 Å². The Morgan fingerprint density at radius 3 is 2.47 bits per heavy atom. The van der Waals surface area contributed by atoms with Crippen molar-refractivity contribution >= 4 is 17.7 Å². The molecule has 0 aromatic rings. The van der Waals surface area contributed by atoms with Gasteiger partial charge in [-0.25, -0.2) is 0 Å². The second kappa shape index (κ2) is 14.3. The Bertz CT molecular complexity index is 138. The van der Waals surface area contributed by atoms with Crippen LogP contribution in [0.5, 0.6) is 0 Å². The zero-order chi connectivity index (χ0) is 11.2. The van der Waals surface area contributed by atoms with Gasteiger partial charge in [-0.05, 0) is 0 Å². The predicted molar refractivity (Wildman–Crippen MR) is 65.2 cm³/mol. The molecule has 0 spiro atoms. The summed E-state index contributed by atoms with van der Waals surface area (Å²) in [5, 5.41) is 1.22. The van der Waals surface area contributed by atoms with Crippen LogP contribution in [0.15, 0.2) is 12.2 Å². The number of unbranched alkanes of at least 4 members (excludes halogenated alkanes) is 2. The summed E-state index contributed by atoms with van der Waals surface area (Å²) < 4.78 is 10.6. The van der Waals surface area contributed by atoms with Crippen molar-refractivity contribution in [1.29, 1.82) is 0 Å². The molecule has 84 valence electrons. The number of hydrogen-bond donors (Lipinski definition) is 0. The number of allylic oxidation sites excluding steroid dienone is 1. The van der Waals surface area contributed by atoms with Crippen LogP contribution in [-0.2, 0) is 9.47 Å². The molecule has 0 heterocycles. The summed E-state index contributed by atoms with van der Waals surface area (Å²) >= 11 is 2.19. The van der Waals surface area contributed by atoms with Gasteiger partial charge in [-0.2, -0.15) is 0 Å². The van der Waals surface area contributed by atoms with Gasteiger partial charge in [0.25, 0.3) is 0 Å². The first-order chi connectivity index (χ1) is 7.41. The smallest absolute Gasteiger partial charge is 0.0654 e. The van der Waals surface area contributed by atoms with Crippen molar-refractivity contribution in [2.24, 2.45) is 0 Å². The molecule has 0 unspecified atom stereocenters. The van der Waals surface area contributed by atoms with Gasteiger partial charge < -0.3 is 0 Å². The summed E-state index contributed by atoms with van der Waals surface area (Å²) in [7, 11) is 0. The van der Waals surface area contributed by atoms with E-state index in [1.54, 1.807) is 0 Å². The molecule has 0 aliphatic rings. The van der Waals surface area contributed by atoms with Crippen LogP contribution in [-0.4, -0.2) is 37.7 Å². The van der Waals surface area contributed by atoms with E-state index in [9.17, 15) is 0 Å². The third kappa shape index (κ3) is 14.3. The molecule has 0 aromatic carbocycles. The summed E-state index contributed by atoms with van der Waals surface area (Å²) in [6.07, 6.45) is 10.2. The van der Waals surface area contributed by atoms with E-state index in [1.807, 2.05) is 0 Å². The van der Waals surface area contributed by atoms with Crippen molar-refractivity contribution in [3.8, 4) is 0 Å². The predicted octanol–water partition coefficient (Wildman–Crippen LogP) is 3.09. The van der Waals surface area contributed by atoms with Crippen LogP contribution in [0, 0.1) is 0 Å². The van der Waals surface area contributed by atoms with Crippen LogP contribution in [0.25, 0.3) is 0 Å². The Morgan fingerprint density at radius 1 is 1.00 bits per heavy atom. The normalized spacial score (nSPS) is 11.4. The van der Waals surface area contributed by atoms with Crippen molar-refractivity contribution in [3.05, 3.63) is 12.2 Å². The molecule has 0 rings (SSSR count). The Labute approximate surface area is 104 Å². The van der Waals surface area contributed by atoms with Gasteiger partial charge in [0.2, 0.25) is 0 Å². The Balaban J connectivity index is 2.92. The monoisotopic (exact) mass is 206 g/mol. The van der Waals surface area contributed by atoms with Gasteiger partial charge >= 0.3 is 90.1 Å². The van der Waals surface area contributed by atoms with Gasteiger partial charge in [0, 0.05) is 0 Å². The molecule has 0 saturated heterocycles. The van der Waals surface area contributed by atoms with Gasteiger partial charge in [-0.3, -0.25) is 0 Å². The Kier molecular flexibility index (Phi) is 14.5. The van der Waals surface area contributed by atoms with Crippen molar-refractivity contribution in [1.82, 2.24) is 0 Å². The Morgan fingerprint density at radius 2 is 1.73 bits per heavy atom. The minimum Gasteiger partial charge on any atom is -0.0654 e. The molecule has 0 amide bonds. The molecule has 0 fully saturated rings. The third-order valence-electron chi connectivity index (χ3n) is 2.11. The molecule has 0 aliphatic heterocycles. The second-order valence-corrected chi connectivity index (χ2v) is 3.69. The average Bonchev–Trinajstić information content (AvgIpc) is 2.26. The molecule has 0 atom stereocenters. The fourth-order valence-electron chi connectivity index (χ4n) is 1.18. The van der Waals surface area contributed by atoms with Crippen LogP contribution in [0.2, 0.25) is 5.09 Å². The molecule has 0 N–H and O–H groups in total. The molecule has 2 nitrogen and oxygen atoms in total. The maximum atomic E-state index is 5.32. The number of ether oxygens (including phenoxy) is 2. The zero-order valence-corrected chi connectivity index (χ0v) is 10.3. The minimum atomic E-state index is 0.450. The minimum absolute atomic E-state index is 0.450. The summed E-state index contributed by atoms with van der Waals surface area (Å²) in [5.74, 6) is 0. The van der Waals surface area contributed by atoms with E-state index in [2.05, 4.69) is 36.8 Å². The molecule has 15 heavy (non-hydrogen) atoms. The SMILES string of the molecule is [Li][CH2]C/C=C\CCOCOCCCCC. The molecule has 0 aromatic heterocycles. The second-order valence-electron chi connectivity index (χ2n) is 3.69. The molecule has 0 bridgehead atoms. The van der Waals surface area contributed by atoms with Crippen LogP contribution in [0.3, 0.4) is 0 Å². The summed E-state index contributed by atoms with van der Waals surface area (Å²) in [6.45, 7) is 4.25. The zero-order valence-electron chi connectivity index (χ0n) is 10.3. The summed E-state index contributed by atoms with van der Waals surface area (Å²) in [6, 6.07) is 0. The van der Waals surface area contributed by atoms with Gasteiger partial charge in [-0.15, -0.1) is 0 Å². The van der Waals surface area contributed by atoms with E-state index in [0.717, 1.165) is 26.1 Å². The van der Waals surface area contributed by atoms with Gasteiger partial charge in [0.05, 0.1) is 0 Å². The van der Waals surface area contributed by atoms with E-state index in [4.69, 9.17) is 9.47 Å². The molecule has 0 radical (unpaired) electrons. The van der Waals surface area contributed by atoms with Crippen LogP contribution in [0.4, 0.5) is 0 Å². The number of rotatable bonds is 11. The molecule has 0 saturated carbocycles. The topological polar surface area (TPSA) is 18.5 Å². The van der Waals surface area contributed by atoms with E-state index in [-0.39, 0.29) is 0 Å². The summed E-state index contributed by atoms with van der Waals surface area (Å²) in [4.78, 5) is 0. The van der Waals surface area contributed by atoms with E-state index < -0.39 is 0 Å². The van der Waals surface area contributed by atoms with Gasteiger partial charge in [0.15, 0.2) is 0 Å². The quantitative estimate of drug-likeness (QED) is 0.224. The average molecular weight is 206 g/mol. The van der Waals surface area contributed by atoms with E-state index in [1.165, 1.54) is 24.4 Å². The van der Waals surface area contributed by atoms with Crippen LogP contribution >= 0.6 is 0 Å².